The minimum Gasteiger partial charge on any atom is -0.338 e. The topological polar surface area (TPSA) is 51.0 Å². The number of pyridine rings is 1. The summed E-state index contributed by atoms with van der Waals surface area (Å²) < 4.78 is 29.3. The zero-order chi connectivity index (χ0) is 19.7. The van der Waals surface area contributed by atoms with Gasteiger partial charge in [-0.25, -0.2) is 13.8 Å². The van der Waals surface area contributed by atoms with Crippen LogP contribution in [-0.4, -0.2) is 27.6 Å². The first kappa shape index (κ1) is 18.0. The maximum atomic E-state index is 14.2. The van der Waals surface area contributed by atoms with Gasteiger partial charge in [0.2, 0.25) is 5.95 Å². The molecule has 5 nitrogen and oxygen atoms in total. The summed E-state index contributed by atoms with van der Waals surface area (Å²) in [5.74, 6) is -0.469. The first-order chi connectivity index (χ1) is 13.5. The molecule has 142 valence electrons. The summed E-state index contributed by atoms with van der Waals surface area (Å²) in [5, 5.41) is 0. The lowest BCUT2D eigenvalue weighted by molar-refractivity contribution is 0.595. The van der Waals surface area contributed by atoms with E-state index < -0.39 is 11.6 Å². The Hall–Kier alpha value is -3.35. The molecule has 0 saturated heterocycles. The second-order valence-corrected chi connectivity index (χ2v) is 6.64. The summed E-state index contributed by atoms with van der Waals surface area (Å²) in [6, 6.07) is 8.48. The van der Waals surface area contributed by atoms with Crippen LogP contribution in [0.25, 0.3) is 16.8 Å². The van der Waals surface area contributed by atoms with Gasteiger partial charge in [0.15, 0.2) is 0 Å². The van der Waals surface area contributed by atoms with Crippen LogP contribution in [0.4, 0.5) is 14.7 Å². The Kier molecular flexibility index (Phi) is 4.73. The lowest BCUT2D eigenvalue weighted by atomic mass is 10.0. The van der Waals surface area contributed by atoms with Gasteiger partial charge in [0, 0.05) is 49.7 Å². The lowest BCUT2D eigenvalue weighted by Gasteiger charge is -2.30. The molecule has 0 amide bonds. The molecule has 0 aliphatic carbocycles. The van der Waals surface area contributed by atoms with Gasteiger partial charge in [-0.05, 0) is 42.3 Å². The minimum atomic E-state index is -0.486. The molecule has 1 aliphatic rings. The van der Waals surface area contributed by atoms with Gasteiger partial charge in [-0.2, -0.15) is 0 Å². The molecule has 0 N–H and O–H groups in total. The first-order valence-corrected chi connectivity index (χ1v) is 8.91. The maximum Gasteiger partial charge on any atom is 0.255 e. The van der Waals surface area contributed by atoms with Crippen molar-refractivity contribution in [1.82, 2.24) is 14.5 Å². The van der Waals surface area contributed by atoms with E-state index in [0.29, 0.717) is 36.7 Å². The zero-order valence-electron chi connectivity index (χ0n) is 15.3. The monoisotopic (exact) mass is 380 g/mol. The van der Waals surface area contributed by atoms with Crippen molar-refractivity contribution in [3.63, 3.8) is 0 Å². The van der Waals surface area contributed by atoms with Gasteiger partial charge in [-0.3, -0.25) is 14.3 Å². The van der Waals surface area contributed by atoms with E-state index in [2.05, 4.69) is 9.97 Å². The van der Waals surface area contributed by atoms with E-state index in [9.17, 15) is 13.6 Å². The molecule has 7 heteroatoms. The quantitative estimate of drug-likeness (QED) is 0.699. The molecule has 0 fully saturated rings. The predicted octanol–water partition coefficient (Wildman–Crippen LogP) is 3.41. The number of rotatable bonds is 3. The van der Waals surface area contributed by atoms with E-state index in [4.69, 9.17) is 0 Å². The molecular formula is C21H18F2N4O. The van der Waals surface area contributed by atoms with E-state index in [-0.39, 0.29) is 11.1 Å². The number of halogens is 2. The smallest absolute Gasteiger partial charge is 0.255 e. The standard InChI is InChI=1S/C21H18F2N4O/c1-26-20(28)12-19(14-6-8-24-9-7-14)25-21(26)27-10-2-3-15(13-27)17-11-16(22)4-5-18(17)23/h3-9,11-12H,2,10,13H2,1H3. The number of aromatic nitrogens is 3. The summed E-state index contributed by atoms with van der Waals surface area (Å²) in [6.45, 7) is 0.959. The number of benzene rings is 1. The molecule has 0 atom stereocenters. The summed E-state index contributed by atoms with van der Waals surface area (Å²) >= 11 is 0. The molecule has 0 spiro atoms. The van der Waals surface area contributed by atoms with Crippen LogP contribution in [-0.2, 0) is 7.05 Å². The van der Waals surface area contributed by atoms with E-state index in [1.165, 1.54) is 16.7 Å². The van der Waals surface area contributed by atoms with E-state index in [1.54, 1.807) is 31.6 Å². The van der Waals surface area contributed by atoms with Crippen LogP contribution in [0.3, 0.4) is 0 Å². The summed E-state index contributed by atoms with van der Waals surface area (Å²) in [7, 11) is 1.65. The zero-order valence-corrected chi connectivity index (χ0v) is 15.3. The fraction of sp³-hybridized carbons (Fsp3) is 0.190. The Bertz CT molecular complexity index is 1110. The average molecular weight is 380 g/mol. The van der Waals surface area contributed by atoms with Crippen LogP contribution in [0, 0.1) is 11.6 Å². The molecule has 4 rings (SSSR count). The van der Waals surface area contributed by atoms with Crippen molar-refractivity contribution in [3.8, 4) is 11.3 Å². The highest BCUT2D eigenvalue weighted by Crippen LogP contribution is 2.27. The highest BCUT2D eigenvalue weighted by Gasteiger charge is 2.21. The summed E-state index contributed by atoms with van der Waals surface area (Å²) in [6.07, 6.45) is 5.82. The number of hydrogen-bond acceptors (Lipinski definition) is 4. The van der Waals surface area contributed by atoms with Gasteiger partial charge >= 0.3 is 0 Å². The third kappa shape index (κ3) is 3.43. The van der Waals surface area contributed by atoms with Gasteiger partial charge < -0.3 is 4.90 Å². The van der Waals surface area contributed by atoms with Gasteiger partial charge in [-0.15, -0.1) is 0 Å². The number of hydrogen-bond donors (Lipinski definition) is 0. The van der Waals surface area contributed by atoms with Crippen molar-refractivity contribution in [2.45, 2.75) is 6.42 Å². The molecule has 2 aromatic heterocycles. The normalized spacial score (nSPS) is 14.1. The summed E-state index contributed by atoms with van der Waals surface area (Å²) in [5.41, 5.74) is 2.06. The van der Waals surface area contributed by atoms with Gasteiger partial charge in [-0.1, -0.05) is 6.08 Å². The van der Waals surface area contributed by atoms with Crippen LogP contribution in [0.1, 0.15) is 12.0 Å². The molecule has 28 heavy (non-hydrogen) atoms. The van der Waals surface area contributed by atoms with Crippen molar-refractivity contribution in [2.24, 2.45) is 7.05 Å². The van der Waals surface area contributed by atoms with Crippen molar-refractivity contribution >= 4 is 11.5 Å². The Morgan fingerprint density at radius 1 is 1.07 bits per heavy atom. The van der Waals surface area contributed by atoms with Crippen molar-refractivity contribution in [1.29, 1.82) is 0 Å². The third-order valence-electron chi connectivity index (χ3n) is 4.80. The molecule has 3 heterocycles. The van der Waals surface area contributed by atoms with Gasteiger partial charge in [0.05, 0.1) is 5.69 Å². The van der Waals surface area contributed by atoms with Crippen LogP contribution in [0.15, 0.2) is 59.7 Å². The Morgan fingerprint density at radius 2 is 1.86 bits per heavy atom. The minimum absolute atomic E-state index is 0.190. The van der Waals surface area contributed by atoms with Gasteiger partial charge in [0.25, 0.3) is 5.56 Å². The van der Waals surface area contributed by atoms with Crippen molar-refractivity contribution in [3.05, 3.63) is 82.4 Å². The van der Waals surface area contributed by atoms with Crippen LogP contribution in [0.5, 0.6) is 0 Å². The van der Waals surface area contributed by atoms with Crippen LogP contribution < -0.4 is 10.5 Å². The third-order valence-corrected chi connectivity index (χ3v) is 4.80. The molecule has 1 aromatic carbocycles. The molecule has 3 aromatic rings. The van der Waals surface area contributed by atoms with E-state index in [1.807, 2.05) is 11.0 Å². The molecule has 0 saturated carbocycles. The molecule has 0 unspecified atom stereocenters. The molecule has 0 radical (unpaired) electrons. The van der Waals surface area contributed by atoms with Gasteiger partial charge in [0.1, 0.15) is 11.6 Å². The van der Waals surface area contributed by atoms with Crippen molar-refractivity contribution in [2.75, 3.05) is 18.0 Å². The van der Waals surface area contributed by atoms with E-state index >= 15 is 0 Å². The van der Waals surface area contributed by atoms with Crippen LogP contribution >= 0.6 is 0 Å². The average Bonchev–Trinajstić information content (AvgIpc) is 2.72. The Labute approximate surface area is 160 Å². The highest BCUT2D eigenvalue weighted by molar-refractivity contribution is 5.71. The number of nitrogens with zero attached hydrogens (tertiary/aromatic N) is 4. The highest BCUT2D eigenvalue weighted by atomic mass is 19.1. The fourth-order valence-corrected chi connectivity index (χ4v) is 3.33. The molecule has 1 aliphatic heterocycles. The van der Waals surface area contributed by atoms with Crippen molar-refractivity contribution < 1.29 is 8.78 Å². The maximum absolute atomic E-state index is 14.2. The van der Waals surface area contributed by atoms with Crippen LogP contribution in [0.2, 0.25) is 0 Å². The predicted molar refractivity (Wildman–Crippen MR) is 104 cm³/mol. The second-order valence-electron chi connectivity index (χ2n) is 6.64. The Balaban J connectivity index is 1.72. The largest absolute Gasteiger partial charge is 0.338 e. The Morgan fingerprint density at radius 3 is 2.64 bits per heavy atom. The molecular weight excluding hydrogens is 362 g/mol. The molecule has 0 bridgehead atoms. The lowest BCUT2D eigenvalue weighted by Crippen LogP contribution is -2.35. The fourth-order valence-electron chi connectivity index (χ4n) is 3.33. The second kappa shape index (κ2) is 7.34. The number of anilines is 1. The first-order valence-electron chi connectivity index (χ1n) is 8.91. The summed E-state index contributed by atoms with van der Waals surface area (Å²) in [4.78, 5) is 23.0. The van der Waals surface area contributed by atoms with E-state index in [0.717, 1.165) is 17.7 Å². The SMILES string of the molecule is Cn1c(N2CCC=C(c3cc(F)ccc3F)C2)nc(-c2ccncc2)cc1=O.